The van der Waals surface area contributed by atoms with Gasteiger partial charge in [-0.15, -0.1) is 0 Å². The van der Waals surface area contributed by atoms with Gasteiger partial charge in [-0.3, -0.25) is 9.78 Å². The van der Waals surface area contributed by atoms with E-state index in [9.17, 15) is 9.18 Å². The fraction of sp³-hybridized carbons (Fsp3) is 0.200. The van der Waals surface area contributed by atoms with Crippen LogP contribution >= 0.6 is 0 Å². The maximum Gasteiger partial charge on any atom is 0.292 e. The van der Waals surface area contributed by atoms with Gasteiger partial charge in [-0.1, -0.05) is 0 Å². The van der Waals surface area contributed by atoms with Gasteiger partial charge in [0.1, 0.15) is 0 Å². The molecule has 0 fully saturated rings. The third-order valence-corrected chi connectivity index (χ3v) is 1.08. The number of aromatic amines is 1. The second-order valence-corrected chi connectivity index (χ2v) is 1.80. The highest BCUT2D eigenvalue weighted by Crippen LogP contribution is 2.06. The Labute approximate surface area is 60.9 Å². The van der Waals surface area contributed by atoms with E-state index in [1.807, 2.05) is 0 Å². The number of rotatable bonds is 1. The summed E-state index contributed by atoms with van der Waals surface area (Å²) in [4.78, 5) is 15.9. The van der Waals surface area contributed by atoms with Crippen LogP contribution in [0.2, 0.25) is 0 Å². The van der Waals surface area contributed by atoms with Gasteiger partial charge in [0.25, 0.3) is 11.4 Å². The number of hydrogen-bond donors (Lipinski definition) is 3. The van der Waals surface area contributed by atoms with E-state index in [0.717, 1.165) is 0 Å². The first-order valence-corrected chi connectivity index (χ1v) is 2.81. The number of nitrogens with one attached hydrogen (secondary N) is 2. The number of aromatic nitrogens is 2. The van der Waals surface area contributed by atoms with Crippen LogP contribution < -0.4 is 10.9 Å². The van der Waals surface area contributed by atoms with Gasteiger partial charge in [-0.2, -0.15) is 9.37 Å². The van der Waals surface area contributed by atoms with Crippen LogP contribution in [-0.2, 0) is 0 Å². The molecular weight excluding hydrogens is 153 g/mol. The summed E-state index contributed by atoms with van der Waals surface area (Å²) in [6, 6.07) is 0. The second-order valence-electron chi connectivity index (χ2n) is 1.80. The van der Waals surface area contributed by atoms with Crippen molar-refractivity contribution in [2.45, 2.75) is 0 Å². The first kappa shape index (κ1) is 7.52. The lowest BCUT2D eigenvalue weighted by Gasteiger charge is -1.98. The Morgan fingerprint density at radius 2 is 2.36 bits per heavy atom. The molecule has 60 valence electrons. The fourth-order valence-electron chi connectivity index (χ4n) is 0.565. The smallest absolute Gasteiger partial charge is 0.292 e. The van der Waals surface area contributed by atoms with E-state index in [-0.39, 0.29) is 5.95 Å². The highest BCUT2D eigenvalue weighted by Gasteiger charge is 2.07. The molecule has 11 heavy (non-hydrogen) atoms. The predicted molar refractivity (Wildman–Crippen MR) is 36.0 cm³/mol. The van der Waals surface area contributed by atoms with Gasteiger partial charge in [-0.05, 0) is 0 Å². The number of hydrogen-bond acceptors (Lipinski definition) is 4. The minimum Gasteiger partial charge on any atom is -0.491 e. The molecule has 3 N–H and O–H groups in total. The quantitative estimate of drug-likeness (QED) is 0.523. The standard InChI is InChI=1S/C5H6FN3O2/c1-7-5-8-3(10)2(6)4(11)9-5/h1H3,(H3,7,8,9,10,11). The van der Waals surface area contributed by atoms with E-state index in [1.54, 1.807) is 0 Å². The van der Waals surface area contributed by atoms with Crippen molar-refractivity contribution in [2.24, 2.45) is 0 Å². The Morgan fingerprint density at radius 3 is 2.82 bits per heavy atom. The van der Waals surface area contributed by atoms with Gasteiger partial charge in [0.05, 0.1) is 0 Å². The third kappa shape index (κ3) is 1.28. The van der Waals surface area contributed by atoms with Crippen molar-refractivity contribution in [1.29, 1.82) is 0 Å². The normalized spacial score (nSPS) is 9.64. The average Bonchev–Trinajstić information content (AvgIpc) is 1.99. The van der Waals surface area contributed by atoms with Crippen LogP contribution in [0.1, 0.15) is 0 Å². The highest BCUT2D eigenvalue weighted by atomic mass is 19.1. The molecule has 0 atom stereocenters. The molecule has 1 rings (SSSR count). The van der Waals surface area contributed by atoms with Crippen LogP contribution in [-0.4, -0.2) is 22.1 Å². The van der Waals surface area contributed by atoms with Crippen molar-refractivity contribution in [2.75, 3.05) is 12.4 Å². The molecule has 0 aliphatic rings. The molecule has 1 aromatic rings. The molecule has 0 bridgehead atoms. The van der Waals surface area contributed by atoms with Crippen molar-refractivity contribution in [3.05, 3.63) is 16.2 Å². The molecule has 0 amide bonds. The number of H-pyrrole nitrogens is 1. The number of aromatic hydroxyl groups is 1. The largest absolute Gasteiger partial charge is 0.491 e. The number of anilines is 1. The summed E-state index contributed by atoms with van der Waals surface area (Å²) in [6.45, 7) is 0. The lowest BCUT2D eigenvalue weighted by Crippen LogP contribution is -2.14. The zero-order valence-corrected chi connectivity index (χ0v) is 5.68. The summed E-state index contributed by atoms with van der Waals surface area (Å²) < 4.78 is 12.4. The van der Waals surface area contributed by atoms with E-state index in [1.165, 1.54) is 7.05 Å². The molecule has 5 nitrogen and oxygen atoms in total. The maximum absolute atomic E-state index is 12.4. The lowest BCUT2D eigenvalue weighted by molar-refractivity contribution is 0.406. The summed E-state index contributed by atoms with van der Waals surface area (Å²) in [5, 5.41) is 11.1. The Bertz CT molecular complexity index is 322. The summed E-state index contributed by atoms with van der Waals surface area (Å²) in [6.07, 6.45) is 0. The average molecular weight is 159 g/mol. The first-order chi connectivity index (χ1) is 5.15. The van der Waals surface area contributed by atoms with Crippen LogP contribution in [0.4, 0.5) is 10.3 Å². The van der Waals surface area contributed by atoms with Crippen LogP contribution in [0.5, 0.6) is 5.88 Å². The van der Waals surface area contributed by atoms with Crippen LogP contribution in [0.3, 0.4) is 0 Å². The lowest BCUT2D eigenvalue weighted by atomic mass is 10.6. The Balaban J connectivity index is 3.32. The van der Waals surface area contributed by atoms with Crippen molar-refractivity contribution >= 4 is 5.95 Å². The Kier molecular flexibility index (Phi) is 1.75. The topological polar surface area (TPSA) is 78.0 Å². The van der Waals surface area contributed by atoms with Crippen LogP contribution in [0, 0.1) is 5.82 Å². The molecule has 0 aliphatic carbocycles. The van der Waals surface area contributed by atoms with Gasteiger partial charge in [0.15, 0.2) is 0 Å². The number of nitrogens with zero attached hydrogens (tertiary/aromatic N) is 1. The third-order valence-electron chi connectivity index (χ3n) is 1.08. The van der Waals surface area contributed by atoms with Gasteiger partial charge in [0.2, 0.25) is 11.8 Å². The minimum absolute atomic E-state index is 0.0221. The molecular formula is C5H6FN3O2. The zero-order valence-electron chi connectivity index (χ0n) is 5.68. The molecule has 0 aromatic carbocycles. The molecule has 0 aliphatic heterocycles. The Morgan fingerprint density at radius 1 is 1.73 bits per heavy atom. The van der Waals surface area contributed by atoms with Crippen LogP contribution in [0.25, 0.3) is 0 Å². The summed E-state index contributed by atoms with van der Waals surface area (Å²) in [7, 11) is 1.48. The molecule has 0 saturated carbocycles. The monoisotopic (exact) mass is 159 g/mol. The van der Waals surface area contributed by atoms with Crippen LogP contribution in [0.15, 0.2) is 4.79 Å². The molecule has 0 spiro atoms. The fourth-order valence-corrected chi connectivity index (χ4v) is 0.565. The van der Waals surface area contributed by atoms with E-state index in [4.69, 9.17) is 5.11 Å². The van der Waals surface area contributed by atoms with Crippen molar-refractivity contribution in [3.8, 4) is 5.88 Å². The predicted octanol–water partition coefficient (Wildman–Crippen LogP) is -0.344. The molecule has 1 heterocycles. The summed E-state index contributed by atoms with van der Waals surface area (Å²) in [5.74, 6) is -2.16. The first-order valence-electron chi connectivity index (χ1n) is 2.81. The maximum atomic E-state index is 12.4. The van der Waals surface area contributed by atoms with Crippen molar-refractivity contribution in [3.63, 3.8) is 0 Å². The van der Waals surface area contributed by atoms with E-state index in [0.29, 0.717) is 0 Å². The van der Waals surface area contributed by atoms with E-state index >= 15 is 0 Å². The molecule has 1 aromatic heterocycles. The van der Waals surface area contributed by atoms with Crippen molar-refractivity contribution in [1.82, 2.24) is 9.97 Å². The second kappa shape index (κ2) is 2.57. The minimum atomic E-state index is -1.27. The van der Waals surface area contributed by atoms with E-state index in [2.05, 4.69) is 15.3 Å². The Hall–Kier alpha value is -1.59. The van der Waals surface area contributed by atoms with Gasteiger partial charge < -0.3 is 10.4 Å². The van der Waals surface area contributed by atoms with Gasteiger partial charge >= 0.3 is 0 Å². The van der Waals surface area contributed by atoms with Gasteiger partial charge in [-0.25, -0.2) is 0 Å². The highest BCUT2D eigenvalue weighted by molar-refractivity contribution is 5.26. The zero-order chi connectivity index (χ0) is 8.43. The van der Waals surface area contributed by atoms with E-state index < -0.39 is 17.3 Å². The summed E-state index contributed by atoms with van der Waals surface area (Å²) >= 11 is 0. The molecule has 0 radical (unpaired) electrons. The summed E-state index contributed by atoms with van der Waals surface area (Å²) in [5.41, 5.74) is -0.998. The SMILES string of the molecule is CNc1nc(O)c(F)c(=O)[nH]1. The molecule has 6 heteroatoms. The van der Waals surface area contributed by atoms with Gasteiger partial charge in [0, 0.05) is 7.05 Å². The molecule has 0 saturated heterocycles. The van der Waals surface area contributed by atoms with Crippen molar-refractivity contribution < 1.29 is 9.50 Å². The molecule has 0 unspecified atom stereocenters. The number of halogens is 1.